The highest BCUT2D eigenvalue weighted by molar-refractivity contribution is 9.11. The predicted molar refractivity (Wildman–Crippen MR) is 67.6 cm³/mol. The zero-order chi connectivity index (χ0) is 11.6. The monoisotopic (exact) mass is 303 g/mol. The molecule has 0 aromatic carbocycles. The molecular formula is C11H14BrNO2S. The molecular weight excluding hydrogens is 290 g/mol. The molecule has 3 nitrogen and oxygen atoms in total. The van der Waals surface area contributed by atoms with Crippen molar-refractivity contribution in [3.05, 3.63) is 20.8 Å². The maximum absolute atomic E-state index is 12.0. The van der Waals surface area contributed by atoms with E-state index in [9.17, 15) is 4.79 Å². The van der Waals surface area contributed by atoms with E-state index in [2.05, 4.69) is 21.2 Å². The van der Waals surface area contributed by atoms with Crippen molar-refractivity contribution in [1.82, 2.24) is 5.32 Å². The zero-order valence-corrected chi connectivity index (χ0v) is 11.5. The molecule has 0 saturated carbocycles. The number of esters is 1. The fourth-order valence-corrected chi connectivity index (χ4v) is 3.68. The molecule has 0 amide bonds. The number of rotatable bonds is 2. The molecule has 0 radical (unpaired) electrons. The maximum Gasteiger partial charge on any atom is 0.331 e. The molecule has 16 heavy (non-hydrogen) atoms. The topological polar surface area (TPSA) is 38.3 Å². The Labute approximate surface area is 107 Å². The van der Waals surface area contributed by atoms with E-state index in [0.29, 0.717) is 0 Å². The Bertz CT molecular complexity index is 385. The van der Waals surface area contributed by atoms with Crippen molar-refractivity contribution in [3.8, 4) is 0 Å². The third-order valence-electron chi connectivity index (χ3n) is 2.93. The minimum Gasteiger partial charge on any atom is -0.467 e. The molecule has 1 N–H and O–H groups in total. The van der Waals surface area contributed by atoms with Crippen LogP contribution in [0.3, 0.4) is 0 Å². The van der Waals surface area contributed by atoms with Crippen LogP contribution in [0.4, 0.5) is 0 Å². The number of nitrogens with one attached hydrogen (secondary N) is 1. The van der Waals surface area contributed by atoms with Gasteiger partial charge < -0.3 is 4.74 Å². The van der Waals surface area contributed by atoms with Crippen LogP contribution >= 0.6 is 27.3 Å². The molecule has 0 spiro atoms. The Balaban J connectivity index is 2.37. The van der Waals surface area contributed by atoms with Gasteiger partial charge in [0.2, 0.25) is 0 Å². The van der Waals surface area contributed by atoms with Crippen LogP contribution in [-0.2, 0) is 15.1 Å². The number of halogens is 1. The number of carbonyl (C=O) groups excluding carboxylic acids is 1. The average molecular weight is 304 g/mol. The molecule has 0 aliphatic carbocycles. The summed E-state index contributed by atoms with van der Waals surface area (Å²) in [5, 5.41) is 3.33. The third-order valence-corrected chi connectivity index (χ3v) is 4.72. The van der Waals surface area contributed by atoms with Gasteiger partial charge in [-0.1, -0.05) is 0 Å². The lowest BCUT2D eigenvalue weighted by atomic mass is 9.87. The fourth-order valence-electron chi connectivity index (χ4n) is 2.11. The van der Waals surface area contributed by atoms with Gasteiger partial charge in [-0.2, -0.15) is 0 Å². The third kappa shape index (κ3) is 2.04. The van der Waals surface area contributed by atoms with E-state index in [-0.39, 0.29) is 5.97 Å². The van der Waals surface area contributed by atoms with Gasteiger partial charge in [-0.3, -0.25) is 5.32 Å². The van der Waals surface area contributed by atoms with Gasteiger partial charge in [-0.25, -0.2) is 4.79 Å². The largest absolute Gasteiger partial charge is 0.467 e. The standard InChI is InChI=1S/C11H14BrNO2S/c1-15-10(14)11(6-2-3-7-13-11)8-4-5-9(12)16-8/h4-5,13H,2-3,6-7H2,1H3. The summed E-state index contributed by atoms with van der Waals surface area (Å²) in [6, 6.07) is 3.96. The van der Waals surface area contributed by atoms with E-state index < -0.39 is 5.54 Å². The van der Waals surface area contributed by atoms with Crippen molar-refractivity contribution < 1.29 is 9.53 Å². The van der Waals surface area contributed by atoms with Crippen LogP contribution in [0, 0.1) is 0 Å². The number of ether oxygens (including phenoxy) is 1. The molecule has 1 atom stereocenters. The Morgan fingerprint density at radius 3 is 2.88 bits per heavy atom. The molecule has 2 heterocycles. The molecule has 0 bridgehead atoms. The molecule has 1 aliphatic rings. The molecule has 1 fully saturated rings. The maximum atomic E-state index is 12.0. The fraction of sp³-hybridized carbons (Fsp3) is 0.545. The first-order valence-electron chi connectivity index (χ1n) is 5.28. The molecule has 1 unspecified atom stereocenters. The Hall–Kier alpha value is -0.390. The highest BCUT2D eigenvalue weighted by Crippen LogP contribution is 2.37. The van der Waals surface area contributed by atoms with Crippen molar-refractivity contribution >= 4 is 33.2 Å². The van der Waals surface area contributed by atoms with E-state index in [1.165, 1.54) is 7.11 Å². The number of thiophene rings is 1. The van der Waals surface area contributed by atoms with Crippen molar-refractivity contribution in [2.45, 2.75) is 24.8 Å². The summed E-state index contributed by atoms with van der Waals surface area (Å²) in [5.41, 5.74) is -0.621. The lowest BCUT2D eigenvalue weighted by molar-refractivity contribution is -0.150. The molecule has 88 valence electrons. The van der Waals surface area contributed by atoms with Crippen LogP contribution in [0.5, 0.6) is 0 Å². The number of hydrogen-bond acceptors (Lipinski definition) is 4. The number of hydrogen-bond donors (Lipinski definition) is 1. The van der Waals surface area contributed by atoms with Crippen LogP contribution in [0.15, 0.2) is 15.9 Å². The summed E-state index contributed by atoms with van der Waals surface area (Å²) in [7, 11) is 1.45. The summed E-state index contributed by atoms with van der Waals surface area (Å²) in [5.74, 6) is -0.179. The quantitative estimate of drug-likeness (QED) is 0.854. The first kappa shape index (κ1) is 12.1. The van der Waals surface area contributed by atoms with Gasteiger partial charge in [0.15, 0.2) is 5.54 Å². The lowest BCUT2D eigenvalue weighted by Gasteiger charge is -2.34. The SMILES string of the molecule is COC(=O)C1(c2ccc(Br)s2)CCCCN1. The summed E-state index contributed by atoms with van der Waals surface area (Å²) in [6.07, 6.45) is 2.98. The minimum absolute atomic E-state index is 0.179. The summed E-state index contributed by atoms with van der Waals surface area (Å²) >= 11 is 5.02. The van der Waals surface area contributed by atoms with Crippen LogP contribution in [0.1, 0.15) is 24.1 Å². The second kappa shape index (κ2) is 4.85. The number of piperidine rings is 1. The Morgan fingerprint density at radius 1 is 1.56 bits per heavy atom. The van der Waals surface area contributed by atoms with E-state index in [1.807, 2.05) is 12.1 Å². The van der Waals surface area contributed by atoms with Gasteiger partial charge in [0, 0.05) is 4.88 Å². The van der Waals surface area contributed by atoms with Crippen LogP contribution < -0.4 is 5.32 Å². The number of methoxy groups -OCH3 is 1. The molecule has 1 aliphatic heterocycles. The molecule has 1 aromatic heterocycles. The van der Waals surface area contributed by atoms with Crippen LogP contribution in [0.25, 0.3) is 0 Å². The Morgan fingerprint density at radius 2 is 2.38 bits per heavy atom. The second-order valence-electron chi connectivity index (χ2n) is 3.88. The predicted octanol–water partition coefficient (Wildman–Crippen LogP) is 2.65. The van der Waals surface area contributed by atoms with Crippen LogP contribution in [-0.4, -0.2) is 19.6 Å². The minimum atomic E-state index is -0.621. The second-order valence-corrected chi connectivity index (χ2v) is 6.35. The first-order valence-corrected chi connectivity index (χ1v) is 6.89. The van der Waals surface area contributed by atoms with Gasteiger partial charge in [-0.05, 0) is 53.9 Å². The number of carbonyl (C=O) groups is 1. The van der Waals surface area contributed by atoms with Gasteiger partial charge >= 0.3 is 5.97 Å². The van der Waals surface area contributed by atoms with Crippen molar-refractivity contribution in [2.24, 2.45) is 0 Å². The van der Waals surface area contributed by atoms with Gasteiger partial charge in [0.25, 0.3) is 0 Å². The van der Waals surface area contributed by atoms with Crippen LogP contribution in [0.2, 0.25) is 0 Å². The van der Waals surface area contributed by atoms with Gasteiger partial charge in [-0.15, -0.1) is 11.3 Å². The van der Waals surface area contributed by atoms with Gasteiger partial charge in [0.1, 0.15) is 0 Å². The molecule has 2 rings (SSSR count). The molecule has 1 saturated heterocycles. The van der Waals surface area contributed by atoms with E-state index in [4.69, 9.17) is 4.74 Å². The summed E-state index contributed by atoms with van der Waals surface area (Å²) in [6.45, 7) is 0.866. The summed E-state index contributed by atoms with van der Waals surface area (Å²) < 4.78 is 5.99. The smallest absolute Gasteiger partial charge is 0.331 e. The molecule has 5 heteroatoms. The first-order chi connectivity index (χ1) is 7.69. The van der Waals surface area contributed by atoms with E-state index >= 15 is 0 Å². The zero-order valence-electron chi connectivity index (χ0n) is 9.09. The van der Waals surface area contributed by atoms with Crippen molar-refractivity contribution in [1.29, 1.82) is 0 Å². The highest BCUT2D eigenvalue weighted by Gasteiger charge is 2.43. The van der Waals surface area contributed by atoms with E-state index in [1.54, 1.807) is 11.3 Å². The van der Waals surface area contributed by atoms with E-state index in [0.717, 1.165) is 34.5 Å². The van der Waals surface area contributed by atoms with Crippen molar-refractivity contribution in [3.63, 3.8) is 0 Å². The van der Waals surface area contributed by atoms with Crippen molar-refractivity contribution in [2.75, 3.05) is 13.7 Å². The average Bonchev–Trinajstić information content (AvgIpc) is 2.76. The lowest BCUT2D eigenvalue weighted by Crippen LogP contribution is -2.52. The van der Waals surface area contributed by atoms with Gasteiger partial charge in [0.05, 0.1) is 10.9 Å². The summed E-state index contributed by atoms with van der Waals surface area (Å²) in [4.78, 5) is 13.0. The Kier molecular flexibility index (Phi) is 3.66. The normalized spacial score (nSPS) is 25.4. The molecule has 1 aromatic rings. The highest BCUT2D eigenvalue weighted by atomic mass is 79.9.